The van der Waals surface area contributed by atoms with Crippen LogP contribution in [0.3, 0.4) is 0 Å². The molecule has 96 valence electrons. The van der Waals surface area contributed by atoms with Crippen LogP contribution in [0.15, 0.2) is 18.2 Å². The third-order valence-corrected chi connectivity index (χ3v) is 3.88. The summed E-state index contributed by atoms with van der Waals surface area (Å²) in [4.78, 5) is 0. The van der Waals surface area contributed by atoms with Crippen molar-refractivity contribution >= 4 is 17.0 Å². The van der Waals surface area contributed by atoms with Gasteiger partial charge in [0.2, 0.25) is 0 Å². The molecule has 0 aliphatic rings. The SMILES string of the molecule is C/C=C\c1c(CC)n(CC)c2c(C)c(C)ccc12. The predicted octanol–water partition coefficient (Wildman–Crippen LogP) is 4.87. The highest BCUT2D eigenvalue weighted by Gasteiger charge is 2.15. The highest BCUT2D eigenvalue weighted by atomic mass is 15.0. The van der Waals surface area contributed by atoms with Gasteiger partial charge in [0.25, 0.3) is 0 Å². The Labute approximate surface area is 110 Å². The fourth-order valence-electron chi connectivity index (χ4n) is 2.88. The van der Waals surface area contributed by atoms with Gasteiger partial charge >= 0.3 is 0 Å². The molecule has 1 aromatic heterocycles. The summed E-state index contributed by atoms with van der Waals surface area (Å²) in [5.74, 6) is 0. The third kappa shape index (κ3) is 1.78. The second kappa shape index (κ2) is 5.01. The van der Waals surface area contributed by atoms with Gasteiger partial charge in [0.05, 0.1) is 5.52 Å². The minimum absolute atomic E-state index is 1.04. The maximum absolute atomic E-state index is 2.48. The van der Waals surface area contributed by atoms with Gasteiger partial charge in [-0.15, -0.1) is 0 Å². The van der Waals surface area contributed by atoms with Crippen LogP contribution in [0.4, 0.5) is 0 Å². The maximum Gasteiger partial charge on any atom is 0.0521 e. The molecule has 0 saturated heterocycles. The monoisotopic (exact) mass is 241 g/mol. The van der Waals surface area contributed by atoms with Crippen LogP contribution < -0.4 is 0 Å². The van der Waals surface area contributed by atoms with Crippen LogP contribution in [0.25, 0.3) is 17.0 Å². The number of rotatable bonds is 3. The van der Waals surface area contributed by atoms with Crippen LogP contribution in [-0.4, -0.2) is 4.57 Å². The molecular formula is C17H23N. The molecular weight excluding hydrogens is 218 g/mol. The fraction of sp³-hybridized carbons (Fsp3) is 0.412. The van der Waals surface area contributed by atoms with Crippen molar-refractivity contribution in [2.45, 2.75) is 47.6 Å². The second-order valence-corrected chi connectivity index (χ2v) is 4.86. The summed E-state index contributed by atoms with van der Waals surface area (Å²) in [5.41, 5.74) is 7.07. The van der Waals surface area contributed by atoms with Crippen LogP contribution in [0, 0.1) is 13.8 Å². The molecule has 0 spiro atoms. The minimum Gasteiger partial charge on any atom is -0.344 e. The van der Waals surface area contributed by atoms with E-state index in [-0.39, 0.29) is 0 Å². The average molecular weight is 241 g/mol. The summed E-state index contributed by atoms with van der Waals surface area (Å²) < 4.78 is 2.48. The number of nitrogens with zero attached hydrogens (tertiary/aromatic N) is 1. The van der Waals surface area contributed by atoms with Crippen molar-refractivity contribution in [3.05, 3.63) is 40.6 Å². The lowest BCUT2D eigenvalue weighted by Gasteiger charge is -2.09. The molecule has 0 radical (unpaired) electrons. The van der Waals surface area contributed by atoms with Gasteiger partial charge in [-0.2, -0.15) is 0 Å². The van der Waals surface area contributed by atoms with Crippen molar-refractivity contribution < 1.29 is 0 Å². The van der Waals surface area contributed by atoms with Gasteiger partial charge in [0.15, 0.2) is 0 Å². The van der Waals surface area contributed by atoms with Gasteiger partial charge in [-0.3, -0.25) is 0 Å². The molecule has 0 amide bonds. The van der Waals surface area contributed by atoms with Crippen molar-refractivity contribution in [1.29, 1.82) is 0 Å². The van der Waals surface area contributed by atoms with E-state index < -0.39 is 0 Å². The van der Waals surface area contributed by atoms with E-state index in [0.717, 1.165) is 13.0 Å². The first-order valence-electron chi connectivity index (χ1n) is 6.89. The Morgan fingerprint density at radius 3 is 2.44 bits per heavy atom. The number of hydrogen-bond acceptors (Lipinski definition) is 0. The molecule has 1 aromatic carbocycles. The van der Waals surface area contributed by atoms with E-state index in [1.165, 1.54) is 33.3 Å². The van der Waals surface area contributed by atoms with E-state index in [0.29, 0.717) is 0 Å². The van der Waals surface area contributed by atoms with Crippen molar-refractivity contribution in [2.75, 3.05) is 0 Å². The molecule has 1 heterocycles. The van der Waals surface area contributed by atoms with Crippen molar-refractivity contribution in [3.63, 3.8) is 0 Å². The molecule has 1 nitrogen and oxygen atoms in total. The second-order valence-electron chi connectivity index (χ2n) is 4.86. The lowest BCUT2D eigenvalue weighted by molar-refractivity contribution is 0.743. The van der Waals surface area contributed by atoms with Crippen molar-refractivity contribution in [2.24, 2.45) is 0 Å². The maximum atomic E-state index is 2.48. The Morgan fingerprint density at radius 1 is 1.17 bits per heavy atom. The fourth-order valence-corrected chi connectivity index (χ4v) is 2.88. The van der Waals surface area contributed by atoms with E-state index in [9.17, 15) is 0 Å². The molecule has 0 N–H and O–H groups in total. The number of aromatic nitrogens is 1. The van der Waals surface area contributed by atoms with Crippen LogP contribution in [0.5, 0.6) is 0 Å². The first-order chi connectivity index (χ1) is 8.65. The van der Waals surface area contributed by atoms with Crippen LogP contribution in [0.1, 0.15) is 43.2 Å². The zero-order valence-corrected chi connectivity index (χ0v) is 12.2. The Bertz CT molecular complexity index is 600. The Morgan fingerprint density at radius 2 is 1.89 bits per heavy atom. The van der Waals surface area contributed by atoms with Gasteiger partial charge < -0.3 is 4.57 Å². The summed E-state index contributed by atoms with van der Waals surface area (Å²) in [5, 5.41) is 1.40. The zero-order chi connectivity index (χ0) is 13.3. The number of aryl methyl sites for hydroxylation is 3. The zero-order valence-electron chi connectivity index (χ0n) is 12.2. The molecule has 0 aliphatic heterocycles. The van der Waals surface area contributed by atoms with Gasteiger partial charge in [-0.25, -0.2) is 0 Å². The van der Waals surface area contributed by atoms with Crippen LogP contribution >= 0.6 is 0 Å². The number of benzene rings is 1. The molecule has 0 saturated carbocycles. The molecule has 18 heavy (non-hydrogen) atoms. The molecule has 0 unspecified atom stereocenters. The smallest absolute Gasteiger partial charge is 0.0521 e. The summed E-state index contributed by atoms with van der Waals surface area (Å²) in [6, 6.07) is 4.52. The van der Waals surface area contributed by atoms with Gasteiger partial charge in [-0.05, 0) is 45.2 Å². The van der Waals surface area contributed by atoms with Crippen LogP contribution in [0.2, 0.25) is 0 Å². The Hall–Kier alpha value is -1.50. The highest BCUT2D eigenvalue weighted by molar-refractivity contribution is 5.94. The molecule has 0 bridgehead atoms. The number of fused-ring (bicyclic) bond motifs is 1. The molecule has 0 aliphatic carbocycles. The highest BCUT2D eigenvalue weighted by Crippen LogP contribution is 2.31. The lowest BCUT2D eigenvalue weighted by Crippen LogP contribution is -2.01. The summed E-state index contributed by atoms with van der Waals surface area (Å²) in [6.07, 6.45) is 5.48. The van der Waals surface area contributed by atoms with E-state index in [4.69, 9.17) is 0 Å². The molecule has 0 fully saturated rings. The molecule has 2 aromatic rings. The Kier molecular flexibility index (Phi) is 3.60. The quantitative estimate of drug-likeness (QED) is 0.722. The summed E-state index contributed by atoms with van der Waals surface area (Å²) in [6.45, 7) is 12.1. The third-order valence-electron chi connectivity index (χ3n) is 3.88. The molecule has 1 heteroatoms. The van der Waals surface area contributed by atoms with Gasteiger partial charge in [0.1, 0.15) is 0 Å². The molecule has 0 atom stereocenters. The first-order valence-corrected chi connectivity index (χ1v) is 6.89. The van der Waals surface area contributed by atoms with E-state index in [2.05, 4.69) is 63.5 Å². The molecule has 2 rings (SSSR count). The van der Waals surface area contributed by atoms with Gasteiger partial charge in [-0.1, -0.05) is 31.2 Å². The van der Waals surface area contributed by atoms with Crippen LogP contribution in [-0.2, 0) is 13.0 Å². The largest absolute Gasteiger partial charge is 0.344 e. The number of allylic oxidation sites excluding steroid dienone is 1. The predicted molar refractivity (Wildman–Crippen MR) is 81.2 cm³/mol. The standard InChI is InChI=1S/C17H23N/c1-6-9-14-15-11-10-12(4)13(5)17(15)18(8-3)16(14)7-2/h6,9-11H,7-8H2,1-5H3/b9-6-. The first kappa shape index (κ1) is 12.9. The van der Waals surface area contributed by atoms with E-state index >= 15 is 0 Å². The number of hydrogen-bond donors (Lipinski definition) is 0. The minimum atomic E-state index is 1.04. The van der Waals surface area contributed by atoms with Crippen molar-refractivity contribution in [1.82, 2.24) is 4.57 Å². The lowest BCUT2D eigenvalue weighted by atomic mass is 10.0. The topological polar surface area (TPSA) is 4.93 Å². The van der Waals surface area contributed by atoms with E-state index in [1.54, 1.807) is 0 Å². The summed E-state index contributed by atoms with van der Waals surface area (Å²) in [7, 11) is 0. The van der Waals surface area contributed by atoms with Crippen molar-refractivity contribution in [3.8, 4) is 0 Å². The van der Waals surface area contributed by atoms with Gasteiger partial charge in [0, 0.05) is 23.2 Å². The normalized spacial score (nSPS) is 11.8. The van der Waals surface area contributed by atoms with E-state index in [1.807, 2.05) is 0 Å². The summed E-state index contributed by atoms with van der Waals surface area (Å²) >= 11 is 0. The average Bonchev–Trinajstić information content (AvgIpc) is 2.68. The Balaban J connectivity index is 2.95.